The summed E-state index contributed by atoms with van der Waals surface area (Å²) < 4.78 is 27.5. The summed E-state index contributed by atoms with van der Waals surface area (Å²) in [4.78, 5) is 4.25. The highest BCUT2D eigenvalue weighted by atomic mass is 79.9. The van der Waals surface area contributed by atoms with E-state index in [1.54, 1.807) is 24.6 Å². The molecule has 1 heterocycles. The van der Waals surface area contributed by atoms with E-state index in [1.165, 1.54) is 23.5 Å². The van der Waals surface area contributed by atoms with Gasteiger partial charge in [-0.3, -0.25) is 0 Å². The summed E-state index contributed by atoms with van der Waals surface area (Å²) in [5.74, 6) is 0. The number of aromatic nitrogens is 1. The molecule has 1 aromatic heterocycles. The van der Waals surface area contributed by atoms with Gasteiger partial charge in [-0.25, -0.2) is 18.1 Å². The van der Waals surface area contributed by atoms with Gasteiger partial charge in [0.15, 0.2) is 0 Å². The molecule has 0 saturated heterocycles. The zero-order chi connectivity index (χ0) is 14.0. The Morgan fingerprint density at radius 2 is 2.21 bits per heavy atom. The highest BCUT2D eigenvalue weighted by Gasteiger charge is 2.20. The van der Waals surface area contributed by atoms with E-state index in [1.807, 2.05) is 0 Å². The molecule has 0 bridgehead atoms. The molecule has 5 nitrogen and oxygen atoms in total. The van der Waals surface area contributed by atoms with Crippen LogP contribution in [-0.4, -0.2) is 13.4 Å². The van der Waals surface area contributed by atoms with E-state index in [9.17, 15) is 8.42 Å². The molecule has 0 fully saturated rings. The third kappa shape index (κ3) is 3.33. The number of hydrogen-bond donors (Lipinski definition) is 2. The SMILES string of the molecule is CC(NS(=O)(=O)c1ccc(N)c(Br)c1)c1nccs1. The predicted molar refractivity (Wildman–Crippen MR) is 79.4 cm³/mol. The lowest BCUT2D eigenvalue weighted by atomic mass is 10.3. The molecule has 2 rings (SSSR count). The molecular formula is C11H12BrN3O2S2. The molecule has 0 aliphatic heterocycles. The summed E-state index contributed by atoms with van der Waals surface area (Å²) in [6.45, 7) is 1.75. The molecule has 0 radical (unpaired) electrons. The number of nitrogens with zero attached hydrogens (tertiary/aromatic N) is 1. The minimum atomic E-state index is -3.59. The van der Waals surface area contributed by atoms with E-state index in [2.05, 4.69) is 25.6 Å². The van der Waals surface area contributed by atoms with Crippen molar-refractivity contribution in [2.45, 2.75) is 17.9 Å². The average molecular weight is 362 g/mol. The van der Waals surface area contributed by atoms with Crippen LogP contribution in [0.2, 0.25) is 0 Å². The van der Waals surface area contributed by atoms with Gasteiger partial charge in [-0.1, -0.05) is 0 Å². The third-order valence-electron chi connectivity index (χ3n) is 2.44. The van der Waals surface area contributed by atoms with Crippen molar-refractivity contribution in [1.82, 2.24) is 9.71 Å². The smallest absolute Gasteiger partial charge is 0.241 e. The first-order chi connectivity index (χ1) is 8.90. The largest absolute Gasteiger partial charge is 0.398 e. The Morgan fingerprint density at radius 1 is 1.47 bits per heavy atom. The van der Waals surface area contributed by atoms with Crippen LogP contribution in [0, 0.1) is 0 Å². The number of rotatable bonds is 4. The number of nitrogens with two attached hydrogens (primary N) is 1. The topological polar surface area (TPSA) is 85.1 Å². The standard InChI is InChI=1S/C11H12BrN3O2S2/c1-7(11-14-4-5-18-11)15-19(16,17)8-2-3-10(13)9(12)6-8/h2-7,15H,13H2,1H3. The second kappa shape index (κ2) is 5.58. The van der Waals surface area contributed by atoms with Crippen molar-refractivity contribution < 1.29 is 8.42 Å². The fourth-order valence-electron chi connectivity index (χ4n) is 1.47. The van der Waals surface area contributed by atoms with Crippen LogP contribution in [0.5, 0.6) is 0 Å². The lowest BCUT2D eigenvalue weighted by molar-refractivity contribution is 0.566. The van der Waals surface area contributed by atoms with Crippen LogP contribution in [0.4, 0.5) is 5.69 Å². The zero-order valence-electron chi connectivity index (χ0n) is 10.00. The van der Waals surface area contributed by atoms with E-state index in [-0.39, 0.29) is 10.9 Å². The number of thiazole rings is 1. The van der Waals surface area contributed by atoms with Crippen molar-refractivity contribution in [2.75, 3.05) is 5.73 Å². The molecule has 0 saturated carbocycles. The molecule has 19 heavy (non-hydrogen) atoms. The molecule has 1 aromatic carbocycles. The minimum absolute atomic E-state index is 0.164. The van der Waals surface area contributed by atoms with E-state index in [0.717, 1.165) is 5.01 Å². The van der Waals surface area contributed by atoms with Gasteiger partial charge < -0.3 is 5.73 Å². The molecule has 0 aliphatic rings. The number of sulfonamides is 1. The first kappa shape index (κ1) is 14.4. The zero-order valence-corrected chi connectivity index (χ0v) is 13.2. The van der Waals surface area contributed by atoms with Gasteiger partial charge in [0.1, 0.15) is 5.01 Å². The van der Waals surface area contributed by atoms with Crippen LogP contribution in [0.25, 0.3) is 0 Å². The monoisotopic (exact) mass is 361 g/mol. The summed E-state index contributed by atoms with van der Waals surface area (Å²) in [6.07, 6.45) is 1.64. The maximum atomic E-state index is 12.2. The predicted octanol–water partition coefficient (Wildman–Crippen LogP) is 2.53. The molecule has 3 N–H and O–H groups in total. The van der Waals surface area contributed by atoms with Crippen LogP contribution in [0.3, 0.4) is 0 Å². The normalized spacial score (nSPS) is 13.4. The Kier molecular flexibility index (Phi) is 4.24. The number of halogens is 1. The van der Waals surface area contributed by atoms with Gasteiger partial charge in [0, 0.05) is 21.7 Å². The Balaban J connectivity index is 2.25. The van der Waals surface area contributed by atoms with Crippen LogP contribution in [0.1, 0.15) is 18.0 Å². The quantitative estimate of drug-likeness (QED) is 0.819. The summed E-state index contributed by atoms with van der Waals surface area (Å²) in [7, 11) is -3.59. The molecule has 1 unspecified atom stereocenters. The molecule has 8 heteroatoms. The van der Waals surface area contributed by atoms with Gasteiger partial charge in [-0.05, 0) is 41.1 Å². The van der Waals surface area contributed by atoms with Crippen LogP contribution in [0.15, 0.2) is 39.1 Å². The Hall–Kier alpha value is -0.960. The lowest BCUT2D eigenvalue weighted by Gasteiger charge is -2.12. The van der Waals surface area contributed by atoms with E-state index in [0.29, 0.717) is 10.2 Å². The molecule has 0 spiro atoms. The van der Waals surface area contributed by atoms with Gasteiger partial charge in [0.25, 0.3) is 0 Å². The number of hydrogen-bond acceptors (Lipinski definition) is 5. The lowest BCUT2D eigenvalue weighted by Crippen LogP contribution is -2.26. The molecule has 0 aliphatic carbocycles. The molecule has 0 amide bonds. The van der Waals surface area contributed by atoms with Crippen molar-refractivity contribution in [3.8, 4) is 0 Å². The first-order valence-corrected chi connectivity index (χ1v) is 8.52. The molecular weight excluding hydrogens is 350 g/mol. The fraction of sp³-hybridized carbons (Fsp3) is 0.182. The van der Waals surface area contributed by atoms with E-state index < -0.39 is 10.0 Å². The molecule has 102 valence electrons. The number of nitrogens with one attached hydrogen (secondary N) is 1. The van der Waals surface area contributed by atoms with Crippen molar-refractivity contribution in [3.05, 3.63) is 39.3 Å². The van der Waals surface area contributed by atoms with Gasteiger partial charge in [-0.2, -0.15) is 0 Å². The molecule has 1 atom stereocenters. The van der Waals surface area contributed by atoms with Crippen LogP contribution < -0.4 is 10.5 Å². The van der Waals surface area contributed by atoms with Crippen molar-refractivity contribution in [1.29, 1.82) is 0 Å². The maximum Gasteiger partial charge on any atom is 0.241 e. The van der Waals surface area contributed by atoms with Crippen molar-refractivity contribution >= 4 is 43.0 Å². The van der Waals surface area contributed by atoms with Crippen molar-refractivity contribution in [3.63, 3.8) is 0 Å². The summed E-state index contributed by atoms with van der Waals surface area (Å²) in [6, 6.07) is 4.12. The number of anilines is 1. The number of nitrogen functional groups attached to an aromatic ring is 1. The summed E-state index contributed by atoms with van der Waals surface area (Å²) in [5.41, 5.74) is 6.13. The summed E-state index contributed by atoms with van der Waals surface area (Å²) >= 11 is 4.62. The fourth-order valence-corrected chi connectivity index (χ4v) is 3.96. The van der Waals surface area contributed by atoms with Crippen molar-refractivity contribution in [2.24, 2.45) is 0 Å². The molecule has 2 aromatic rings. The van der Waals surface area contributed by atoms with Gasteiger partial charge >= 0.3 is 0 Å². The highest BCUT2D eigenvalue weighted by molar-refractivity contribution is 9.10. The Morgan fingerprint density at radius 3 is 2.79 bits per heavy atom. The Bertz CT molecular complexity index is 671. The minimum Gasteiger partial charge on any atom is -0.398 e. The highest BCUT2D eigenvalue weighted by Crippen LogP contribution is 2.24. The third-order valence-corrected chi connectivity index (χ3v) is 5.62. The van der Waals surface area contributed by atoms with Crippen LogP contribution in [-0.2, 0) is 10.0 Å². The average Bonchev–Trinajstić information content (AvgIpc) is 2.85. The van der Waals surface area contributed by atoms with Gasteiger partial charge in [-0.15, -0.1) is 11.3 Å². The van der Waals surface area contributed by atoms with E-state index >= 15 is 0 Å². The number of benzene rings is 1. The van der Waals surface area contributed by atoms with E-state index in [4.69, 9.17) is 5.73 Å². The second-order valence-corrected chi connectivity index (χ2v) is 7.39. The van der Waals surface area contributed by atoms with Gasteiger partial charge in [0.05, 0.1) is 10.9 Å². The van der Waals surface area contributed by atoms with Gasteiger partial charge in [0.2, 0.25) is 10.0 Å². The van der Waals surface area contributed by atoms with Crippen LogP contribution >= 0.6 is 27.3 Å². The maximum absolute atomic E-state index is 12.2. The Labute approximate surface area is 124 Å². The second-order valence-electron chi connectivity index (χ2n) is 3.90. The first-order valence-electron chi connectivity index (χ1n) is 5.37. The summed E-state index contributed by atoms with van der Waals surface area (Å²) in [5, 5.41) is 2.53.